The smallest absolute Gasteiger partial charge is 0.322 e. The van der Waals surface area contributed by atoms with Crippen molar-refractivity contribution in [3.8, 4) is 11.8 Å². The first-order chi connectivity index (χ1) is 10.1. The molecule has 1 rings (SSSR count). The Hall–Kier alpha value is -2.06. The van der Waals surface area contributed by atoms with E-state index < -0.39 is 0 Å². The second-order valence-electron chi connectivity index (χ2n) is 5.18. The topological polar surface area (TPSA) is 71.3 Å². The summed E-state index contributed by atoms with van der Waals surface area (Å²) in [5.74, 6) is 0.793. The largest absolute Gasteiger partial charge is 0.479 e. The third-order valence-electron chi connectivity index (χ3n) is 2.95. The van der Waals surface area contributed by atoms with Gasteiger partial charge >= 0.3 is 5.97 Å². The first-order valence-electron chi connectivity index (χ1n) is 6.96. The van der Waals surface area contributed by atoms with E-state index in [-0.39, 0.29) is 18.6 Å². The van der Waals surface area contributed by atoms with E-state index in [0.717, 1.165) is 12.0 Å². The van der Waals surface area contributed by atoms with Crippen molar-refractivity contribution < 1.29 is 14.3 Å². The van der Waals surface area contributed by atoms with Crippen LogP contribution in [0.5, 0.6) is 5.75 Å². The van der Waals surface area contributed by atoms with E-state index >= 15 is 0 Å². The minimum absolute atomic E-state index is 0.0228. The van der Waals surface area contributed by atoms with Crippen LogP contribution in [-0.2, 0) is 16.1 Å². The molecule has 1 atom stereocenters. The van der Waals surface area contributed by atoms with E-state index in [2.05, 4.69) is 19.2 Å². The summed E-state index contributed by atoms with van der Waals surface area (Å²) in [6.45, 7) is 4.69. The van der Waals surface area contributed by atoms with Crippen LogP contribution in [0.4, 0.5) is 0 Å². The molecule has 0 aliphatic rings. The van der Waals surface area contributed by atoms with Gasteiger partial charge in [-0.25, -0.2) is 0 Å². The van der Waals surface area contributed by atoms with Crippen molar-refractivity contribution in [2.45, 2.75) is 32.9 Å². The zero-order chi connectivity index (χ0) is 15.7. The maximum absolute atomic E-state index is 11.7. The number of carbonyl (C=O) groups is 1. The fraction of sp³-hybridized carbons (Fsp3) is 0.500. The maximum Gasteiger partial charge on any atom is 0.322 e. The van der Waals surface area contributed by atoms with E-state index in [1.807, 2.05) is 24.3 Å². The summed E-state index contributed by atoms with van der Waals surface area (Å²) in [6, 6.07) is 9.06. The summed E-state index contributed by atoms with van der Waals surface area (Å²) in [5, 5.41) is 11.7. The molecule has 0 aliphatic heterocycles. The Morgan fingerprint density at radius 3 is 2.81 bits per heavy atom. The van der Waals surface area contributed by atoms with Crippen molar-refractivity contribution in [1.82, 2.24) is 5.32 Å². The molecule has 1 aromatic rings. The lowest BCUT2D eigenvalue weighted by atomic mass is 10.0. The summed E-state index contributed by atoms with van der Waals surface area (Å²) in [5.41, 5.74) is 0.989. The van der Waals surface area contributed by atoms with Crippen molar-refractivity contribution in [2.75, 3.05) is 13.7 Å². The average Bonchev–Trinajstić information content (AvgIpc) is 2.48. The highest BCUT2D eigenvalue weighted by molar-refractivity contribution is 5.75. The van der Waals surface area contributed by atoms with Crippen molar-refractivity contribution in [3.63, 3.8) is 0 Å². The molecule has 0 radical (unpaired) electrons. The minimum atomic E-state index is -0.321. The van der Waals surface area contributed by atoms with Gasteiger partial charge in [0.1, 0.15) is 17.9 Å². The molecule has 114 valence electrons. The molecule has 0 amide bonds. The number of hydrogen-bond donors (Lipinski definition) is 1. The number of rotatable bonds is 8. The summed E-state index contributed by atoms with van der Waals surface area (Å²) in [7, 11) is 1.40. The monoisotopic (exact) mass is 290 g/mol. The third-order valence-corrected chi connectivity index (χ3v) is 2.95. The number of methoxy groups -OCH3 is 1. The van der Waals surface area contributed by atoms with E-state index in [1.54, 1.807) is 6.07 Å². The predicted molar refractivity (Wildman–Crippen MR) is 79.6 cm³/mol. The zero-order valence-corrected chi connectivity index (χ0v) is 12.8. The van der Waals surface area contributed by atoms with Crippen LogP contribution in [0.15, 0.2) is 24.3 Å². The van der Waals surface area contributed by atoms with E-state index in [4.69, 9.17) is 14.7 Å². The second kappa shape index (κ2) is 8.98. The number of nitriles is 1. The molecule has 21 heavy (non-hydrogen) atoms. The maximum atomic E-state index is 11.7. The Morgan fingerprint density at radius 2 is 2.19 bits per heavy atom. The van der Waals surface area contributed by atoms with Crippen molar-refractivity contribution in [2.24, 2.45) is 5.92 Å². The summed E-state index contributed by atoms with van der Waals surface area (Å²) >= 11 is 0. The first kappa shape index (κ1) is 17.0. The van der Waals surface area contributed by atoms with E-state index in [1.165, 1.54) is 7.11 Å². The van der Waals surface area contributed by atoms with Crippen LogP contribution >= 0.6 is 0 Å². The Balaban J connectivity index is 2.62. The Morgan fingerprint density at radius 1 is 1.43 bits per heavy atom. The molecule has 5 heteroatoms. The molecule has 0 saturated carbocycles. The Labute approximate surface area is 125 Å². The number of ether oxygens (including phenoxy) is 2. The normalized spacial score (nSPS) is 11.8. The van der Waals surface area contributed by atoms with Crippen LogP contribution in [-0.4, -0.2) is 25.7 Å². The third kappa shape index (κ3) is 6.28. The standard InChI is InChI=1S/C16H22N2O3/c1-12(2)9-15(16(19)20-3)18-11-13-5-4-6-14(10-13)21-8-7-17/h4-6,10,12,15,18H,8-9,11H2,1-3H3. The SMILES string of the molecule is COC(=O)C(CC(C)C)NCc1cccc(OCC#N)c1. The minimum Gasteiger partial charge on any atom is -0.479 e. The lowest BCUT2D eigenvalue weighted by Crippen LogP contribution is -2.38. The van der Waals surface area contributed by atoms with Crippen LogP contribution < -0.4 is 10.1 Å². The summed E-state index contributed by atoms with van der Waals surface area (Å²) in [4.78, 5) is 11.7. The summed E-state index contributed by atoms with van der Waals surface area (Å²) < 4.78 is 10.1. The lowest BCUT2D eigenvalue weighted by Gasteiger charge is -2.18. The molecule has 0 bridgehead atoms. The van der Waals surface area contributed by atoms with Crippen molar-refractivity contribution >= 4 is 5.97 Å². The van der Waals surface area contributed by atoms with E-state index in [9.17, 15) is 4.79 Å². The van der Waals surface area contributed by atoms with Crippen LogP contribution in [0.1, 0.15) is 25.8 Å². The van der Waals surface area contributed by atoms with Gasteiger partial charge in [-0.1, -0.05) is 26.0 Å². The second-order valence-corrected chi connectivity index (χ2v) is 5.18. The molecule has 1 unspecified atom stereocenters. The van der Waals surface area contributed by atoms with Gasteiger partial charge in [0.25, 0.3) is 0 Å². The zero-order valence-electron chi connectivity index (χ0n) is 12.8. The number of benzene rings is 1. The molecule has 0 aromatic heterocycles. The van der Waals surface area contributed by atoms with Gasteiger partial charge in [0.15, 0.2) is 6.61 Å². The van der Waals surface area contributed by atoms with Gasteiger partial charge < -0.3 is 14.8 Å². The fourth-order valence-corrected chi connectivity index (χ4v) is 1.98. The van der Waals surface area contributed by atoms with Gasteiger partial charge in [-0.05, 0) is 30.0 Å². The summed E-state index contributed by atoms with van der Waals surface area (Å²) in [6.07, 6.45) is 0.720. The number of nitrogens with one attached hydrogen (secondary N) is 1. The lowest BCUT2D eigenvalue weighted by molar-refractivity contribution is -0.143. The molecule has 0 fully saturated rings. The highest BCUT2D eigenvalue weighted by Crippen LogP contribution is 2.14. The molecule has 0 saturated heterocycles. The predicted octanol–water partition coefficient (Wildman–Crippen LogP) is 2.27. The highest BCUT2D eigenvalue weighted by Gasteiger charge is 2.19. The van der Waals surface area contributed by atoms with Crippen LogP contribution in [0.2, 0.25) is 0 Å². The number of hydrogen-bond acceptors (Lipinski definition) is 5. The van der Waals surface area contributed by atoms with Gasteiger partial charge in [0, 0.05) is 6.54 Å². The first-order valence-corrected chi connectivity index (χ1v) is 6.96. The van der Waals surface area contributed by atoms with Crippen molar-refractivity contribution in [3.05, 3.63) is 29.8 Å². The number of nitrogens with zero attached hydrogens (tertiary/aromatic N) is 1. The Bertz CT molecular complexity index is 495. The highest BCUT2D eigenvalue weighted by atomic mass is 16.5. The van der Waals surface area contributed by atoms with Crippen LogP contribution in [0.25, 0.3) is 0 Å². The molecule has 1 N–H and O–H groups in total. The molecule has 0 spiro atoms. The molecule has 1 aromatic carbocycles. The molecule has 0 heterocycles. The van der Waals surface area contributed by atoms with Gasteiger partial charge in [-0.2, -0.15) is 5.26 Å². The number of esters is 1. The molecule has 5 nitrogen and oxygen atoms in total. The molecule has 0 aliphatic carbocycles. The van der Waals surface area contributed by atoms with Crippen LogP contribution in [0, 0.1) is 17.2 Å². The van der Waals surface area contributed by atoms with Gasteiger partial charge in [-0.15, -0.1) is 0 Å². The fourth-order valence-electron chi connectivity index (χ4n) is 1.98. The molecular weight excluding hydrogens is 268 g/mol. The Kier molecular flexibility index (Phi) is 7.27. The quantitative estimate of drug-likeness (QED) is 0.744. The molecular formula is C16H22N2O3. The van der Waals surface area contributed by atoms with Crippen molar-refractivity contribution in [1.29, 1.82) is 5.26 Å². The van der Waals surface area contributed by atoms with Gasteiger partial charge in [-0.3, -0.25) is 4.79 Å². The average molecular weight is 290 g/mol. The van der Waals surface area contributed by atoms with Gasteiger partial charge in [0.2, 0.25) is 0 Å². The number of carbonyl (C=O) groups excluding carboxylic acids is 1. The van der Waals surface area contributed by atoms with E-state index in [0.29, 0.717) is 18.2 Å². The van der Waals surface area contributed by atoms with Crippen LogP contribution in [0.3, 0.4) is 0 Å². The van der Waals surface area contributed by atoms with Gasteiger partial charge in [0.05, 0.1) is 7.11 Å².